The van der Waals surface area contributed by atoms with E-state index in [0.717, 1.165) is 17.5 Å². The van der Waals surface area contributed by atoms with Crippen LogP contribution in [0.2, 0.25) is 0 Å². The lowest BCUT2D eigenvalue weighted by Crippen LogP contribution is -2.24. The highest BCUT2D eigenvalue weighted by molar-refractivity contribution is 6.03. The lowest BCUT2D eigenvalue weighted by Gasteiger charge is -2.15. The summed E-state index contributed by atoms with van der Waals surface area (Å²) in [4.78, 5) is 28.3. The largest absolute Gasteiger partial charge is 0.463 e. The highest BCUT2D eigenvalue weighted by Gasteiger charge is 2.08. The van der Waals surface area contributed by atoms with Crippen molar-refractivity contribution in [2.75, 3.05) is 18.6 Å². The van der Waals surface area contributed by atoms with Crippen LogP contribution in [0.3, 0.4) is 0 Å². The Morgan fingerprint density at radius 3 is 2.78 bits per heavy atom. The van der Waals surface area contributed by atoms with E-state index in [0.29, 0.717) is 0 Å². The maximum atomic E-state index is 11.8. The van der Waals surface area contributed by atoms with Gasteiger partial charge in [0.25, 0.3) is 5.91 Å². The fourth-order valence-electron chi connectivity index (χ4n) is 1.31. The summed E-state index contributed by atoms with van der Waals surface area (Å²) in [5.41, 5.74) is 1.54. The van der Waals surface area contributed by atoms with E-state index in [1.54, 1.807) is 32.3 Å². The van der Waals surface area contributed by atoms with E-state index in [4.69, 9.17) is 4.74 Å². The molecule has 0 spiro atoms. The second-order valence-corrected chi connectivity index (χ2v) is 3.64. The molecule has 0 unspecified atom stereocenters. The number of amides is 1. The number of ether oxygens (including phenoxy) is 1. The molecule has 0 atom stereocenters. The first kappa shape index (κ1) is 13.9. The molecule has 0 aliphatic heterocycles. The summed E-state index contributed by atoms with van der Waals surface area (Å²) in [5, 5.41) is 0. The molecular weight excluding hydrogens is 232 g/mol. The van der Waals surface area contributed by atoms with E-state index in [9.17, 15) is 9.59 Å². The van der Waals surface area contributed by atoms with Gasteiger partial charge in [0.05, 0.1) is 6.61 Å². The molecule has 0 saturated heterocycles. The van der Waals surface area contributed by atoms with Gasteiger partial charge >= 0.3 is 5.97 Å². The van der Waals surface area contributed by atoms with Crippen LogP contribution in [-0.4, -0.2) is 30.5 Å². The molecule has 0 radical (unpaired) electrons. The van der Waals surface area contributed by atoms with Crippen molar-refractivity contribution in [1.29, 1.82) is 0 Å². The van der Waals surface area contributed by atoms with Gasteiger partial charge in [0.15, 0.2) is 0 Å². The monoisotopic (exact) mass is 248 g/mol. The molecule has 0 aliphatic carbocycles. The van der Waals surface area contributed by atoms with Gasteiger partial charge in [-0.15, -0.1) is 0 Å². The summed E-state index contributed by atoms with van der Waals surface area (Å²) in [6, 6.07) is 3.51. The summed E-state index contributed by atoms with van der Waals surface area (Å²) in [5.74, 6) is -0.821. The molecule has 96 valence electrons. The minimum absolute atomic E-state index is 0.288. The van der Waals surface area contributed by atoms with Gasteiger partial charge in [-0.1, -0.05) is 0 Å². The Morgan fingerprint density at radius 1 is 1.44 bits per heavy atom. The predicted octanol–water partition coefficient (Wildman–Crippen LogP) is 1.47. The van der Waals surface area contributed by atoms with E-state index in [1.807, 2.05) is 6.92 Å². The van der Waals surface area contributed by atoms with Crippen molar-refractivity contribution in [1.82, 2.24) is 4.98 Å². The number of aromatic nitrogens is 1. The number of hydrogen-bond acceptors (Lipinski definition) is 4. The second-order valence-electron chi connectivity index (χ2n) is 3.64. The van der Waals surface area contributed by atoms with E-state index in [1.165, 1.54) is 11.0 Å². The van der Waals surface area contributed by atoms with Gasteiger partial charge in [-0.25, -0.2) is 4.79 Å². The van der Waals surface area contributed by atoms with Crippen LogP contribution < -0.4 is 4.90 Å². The van der Waals surface area contributed by atoms with Crippen molar-refractivity contribution >= 4 is 17.6 Å². The molecule has 1 rings (SSSR count). The SMILES string of the molecule is CCOC(=O)/C=C/C(=O)N(C)c1ccnc(C)c1. The summed E-state index contributed by atoms with van der Waals surface area (Å²) in [6.45, 7) is 3.84. The van der Waals surface area contributed by atoms with Crippen molar-refractivity contribution in [3.63, 3.8) is 0 Å². The van der Waals surface area contributed by atoms with Crippen LogP contribution >= 0.6 is 0 Å². The third kappa shape index (κ3) is 4.01. The molecule has 0 fully saturated rings. The quantitative estimate of drug-likeness (QED) is 0.598. The van der Waals surface area contributed by atoms with Gasteiger partial charge in [0.2, 0.25) is 0 Å². The molecule has 5 nitrogen and oxygen atoms in total. The molecule has 18 heavy (non-hydrogen) atoms. The number of pyridine rings is 1. The van der Waals surface area contributed by atoms with E-state index < -0.39 is 5.97 Å². The van der Waals surface area contributed by atoms with Gasteiger partial charge in [-0.3, -0.25) is 9.78 Å². The maximum absolute atomic E-state index is 11.8. The maximum Gasteiger partial charge on any atom is 0.330 e. The molecule has 1 aromatic heterocycles. The first-order valence-corrected chi connectivity index (χ1v) is 5.59. The molecule has 0 aliphatic rings. The molecule has 1 heterocycles. The van der Waals surface area contributed by atoms with E-state index >= 15 is 0 Å². The van der Waals surface area contributed by atoms with Crippen LogP contribution in [0.1, 0.15) is 12.6 Å². The van der Waals surface area contributed by atoms with E-state index in [-0.39, 0.29) is 12.5 Å². The van der Waals surface area contributed by atoms with Crippen LogP contribution in [0.4, 0.5) is 5.69 Å². The smallest absolute Gasteiger partial charge is 0.330 e. The standard InChI is InChI=1S/C13H16N2O3/c1-4-18-13(17)6-5-12(16)15(3)11-7-8-14-10(2)9-11/h5-9H,4H2,1-3H3/b6-5+. The fraction of sp³-hybridized carbons (Fsp3) is 0.308. The molecule has 1 aromatic rings. The number of carbonyl (C=O) groups is 2. The van der Waals surface area contributed by atoms with Crippen LogP contribution in [0, 0.1) is 6.92 Å². The Hall–Kier alpha value is -2.17. The number of anilines is 1. The zero-order valence-electron chi connectivity index (χ0n) is 10.7. The number of nitrogens with zero attached hydrogens (tertiary/aromatic N) is 2. The number of rotatable bonds is 4. The van der Waals surface area contributed by atoms with Crippen LogP contribution in [0.15, 0.2) is 30.5 Å². The highest BCUT2D eigenvalue weighted by Crippen LogP contribution is 2.12. The van der Waals surface area contributed by atoms with Crippen molar-refractivity contribution in [3.05, 3.63) is 36.2 Å². The number of esters is 1. The third-order valence-electron chi connectivity index (χ3n) is 2.25. The zero-order chi connectivity index (χ0) is 13.5. The summed E-state index contributed by atoms with van der Waals surface area (Å²) >= 11 is 0. The highest BCUT2D eigenvalue weighted by atomic mass is 16.5. The van der Waals surface area contributed by atoms with Gasteiger partial charge in [0.1, 0.15) is 0 Å². The number of carbonyl (C=O) groups excluding carboxylic acids is 2. The minimum Gasteiger partial charge on any atom is -0.463 e. The van der Waals surface area contributed by atoms with Crippen molar-refractivity contribution in [3.8, 4) is 0 Å². The number of likely N-dealkylation sites (N-methyl/N-ethyl adjacent to an activating group) is 1. The molecule has 1 amide bonds. The Kier molecular flexibility index (Phi) is 5.05. The fourth-order valence-corrected chi connectivity index (χ4v) is 1.31. The van der Waals surface area contributed by atoms with Crippen molar-refractivity contribution in [2.24, 2.45) is 0 Å². The Bertz CT molecular complexity index is 469. The van der Waals surface area contributed by atoms with Gasteiger partial charge < -0.3 is 9.64 Å². The molecule has 0 aromatic carbocycles. The van der Waals surface area contributed by atoms with Gasteiger partial charge in [-0.2, -0.15) is 0 Å². The third-order valence-corrected chi connectivity index (χ3v) is 2.25. The molecule has 0 saturated carbocycles. The second kappa shape index (κ2) is 6.54. The Morgan fingerprint density at radius 2 is 2.17 bits per heavy atom. The molecule has 0 bridgehead atoms. The lowest BCUT2D eigenvalue weighted by molar-refractivity contribution is -0.137. The molecular formula is C13H16N2O3. The summed E-state index contributed by atoms with van der Waals surface area (Å²) in [7, 11) is 1.63. The lowest BCUT2D eigenvalue weighted by atomic mass is 10.3. The van der Waals surface area contributed by atoms with Crippen LogP contribution in [0.5, 0.6) is 0 Å². The van der Waals surface area contributed by atoms with E-state index in [2.05, 4.69) is 4.98 Å². The van der Waals surface area contributed by atoms with Crippen LogP contribution in [-0.2, 0) is 14.3 Å². The first-order chi connectivity index (χ1) is 8.54. The molecule has 0 N–H and O–H groups in total. The summed E-state index contributed by atoms with van der Waals surface area (Å²) in [6.07, 6.45) is 3.94. The summed E-state index contributed by atoms with van der Waals surface area (Å²) < 4.78 is 4.69. The number of hydrogen-bond donors (Lipinski definition) is 0. The first-order valence-electron chi connectivity index (χ1n) is 5.59. The number of aryl methyl sites for hydroxylation is 1. The van der Waals surface area contributed by atoms with Crippen molar-refractivity contribution in [2.45, 2.75) is 13.8 Å². The Balaban J connectivity index is 2.70. The normalized spacial score (nSPS) is 10.4. The van der Waals surface area contributed by atoms with Crippen molar-refractivity contribution < 1.29 is 14.3 Å². The molecule has 5 heteroatoms. The Labute approximate surface area is 106 Å². The minimum atomic E-state index is -0.523. The van der Waals surface area contributed by atoms with Crippen LogP contribution in [0.25, 0.3) is 0 Å². The average molecular weight is 248 g/mol. The predicted molar refractivity (Wildman–Crippen MR) is 68.2 cm³/mol. The van der Waals surface area contributed by atoms with Gasteiger partial charge in [0, 0.05) is 36.8 Å². The van der Waals surface area contributed by atoms with Gasteiger partial charge in [-0.05, 0) is 26.0 Å². The zero-order valence-corrected chi connectivity index (χ0v) is 10.7. The topological polar surface area (TPSA) is 59.5 Å². The average Bonchev–Trinajstić information content (AvgIpc) is 2.35.